The molecule has 0 aliphatic carbocycles. The highest BCUT2D eigenvalue weighted by atomic mass is 19.4. The Kier molecular flexibility index (Phi) is 5.28. The summed E-state index contributed by atoms with van der Waals surface area (Å²) in [5.74, 6) is -0.459. The smallest absolute Gasteiger partial charge is 0.416 e. The van der Waals surface area contributed by atoms with Gasteiger partial charge in [0.25, 0.3) is 0 Å². The first-order chi connectivity index (χ1) is 11.3. The highest BCUT2D eigenvalue weighted by molar-refractivity contribution is 5.94. The molecule has 0 aliphatic rings. The molecule has 0 radical (unpaired) electrons. The Bertz CT molecular complexity index is 712. The fourth-order valence-corrected chi connectivity index (χ4v) is 2.02. The third-order valence-electron chi connectivity index (χ3n) is 3.18. The van der Waals surface area contributed by atoms with E-state index in [1.165, 1.54) is 30.2 Å². The first-order valence-electron chi connectivity index (χ1n) is 7.00. The monoisotopic (exact) mass is 340 g/mol. The van der Waals surface area contributed by atoms with Crippen LogP contribution in [-0.4, -0.2) is 23.3 Å². The van der Waals surface area contributed by atoms with Crippen LogP contribution in [-0.2, 0) is 22.3 Å². The van der Waals surface area contributed by atoms with Gasteiger partial charge in [0.15, 0.2) is 0 Å². The van der Waals surface area contributed by atoms with Crippen LogP contribution in [0.25, 0.3) is 0 Å². The van der Waals surface area contributed by atoms with Gasteiger partial charge in [-0.05, 0) is 30.3 Å². The second-order valence-corrected chi connectivity index (χ2v) is 5.08. The molecule has 1 N–H and O–H groups in total. The van der Waals surface area contributed by atoms with Crippen LogP contribution in [0.1, 0.15) is 18.2 Å². The number of hydrogen-bond donors (Lipinski definition) is 1. The average Bonchev–Trinajstić information content (AvgIpc) is 2.99. The molecule has 0 atom stereocenters. The van der Waals surface area contributed by atoms with Gasteiger partial charge in [-0.25, -0.2) is 0 Å². The van der Waals surface area contributed by atoms with Crippen LogP contribution in [0.3, 0.4) is 0 Å². The lowest BCUT2D eigenvalue weighted by Crippen LogP contribution is -2.36. The summed E-state index contributed by atoms with van der Waals surface area (Å²) < 4.78 is 43.1. The summed E-state index contributed by atoms with van der Waals surface area (Å²) in [6.07, 6.45) is -3.05. The number of anilines is 1. The Labute approximate surface area is 136 Å². The summed E-state index contributed by atoms with van der Waals surface area (Å²) in [5, 5.41) is 2.36. The topological polar surface area (TPSA) is 62.6 Å². The predicted molar refractivity (Wildman–Crippen MR) is 79.9 cm³/mol. The molecule has 1 aromatic heterocycles. The van der Waals surface area contributed by atoms with Gasteiger partial charge < -0.3 is 14.6 Å². The van der Waals surface area contributed by atoms with Gasteiger partial charge >= 0.3 is 6.18 Å². The Morgan fingerprint density at radius 3 is 2.54 bits per heavy atom. The van der Waals surface area contributed by atoms with Crippen LogP contribution in [0.5, 0.6) is 0 Å². The van der Waals surface area contributed by atoms with E-state index < -0.39 is 17.6 Å². The van der Waals surface area contributed by atoms with Gasteiger partial charge in [0.1, 0.15) is 12.3 Å². The first kappa shape index (κ1) is 17.6. The van der Waals surface area contributed by atoms with Gasteiger partial charge in [0, 0.05) is 12.6 Å². The highest BCUT2D eigenvalue weighted by Gasteiger charge is 2.30. The number of nitrogens with zero attached hydrogens (tertiary/aromatic N) is 1. The van der Waals surface area contributed by atoms with Crippen molar-refractivity contribution in [3.63, 3.8) is 0 Å². The minimum Gasteiger partial charge on any atom is -0.467 e. The Hall–Kier alpha value is -2.77. The molecule has 0 bridgehead atoms. The molecule has 128 valence electrons. The number of nitrogens with one attached hydrogen (secondary N) is 1. The summed E-state index contributed by atoms with van der Waals surface area (Å²) in [6, 6.07) is 7.59. The van der Waals surface area contributed by atoms with E-state index in [2.05, 4.69) is 5.32 Å². The van der Waals surface area contributed by atoms with Crippen molar-refractivity contribution in [2.75, 3.05) is 11.9 Å². The quantitative estimate of drug-likeness (QED) is 0.908. The van der Waals surface area contributed by atoms with Crippen molar-refractivity contribution in [1.29, 1.82) is 0 Å². The van der Waals surface area contributed by atoms with Gasteiger partial charge in [-0.15, -0.1) is 0 Å². The number of hydrogen-bond acceptors (Lipinski definition) is 3. The number of carbonyl (C=O) groups is 2. The van der Waals surface area contributed by atoms with Crippen molar-refractivity contribution < 1.29 is 27.2 Å². The zero-order chi connectivity index (χ0) is 17.7. The number of alkyl halides is 3. The van der Waals surface area contributed by atoms with Gasteiger partial charge in [-0.3, -0.25) is 9.59 Å². The molecule has 2 aromatic rings. The molecule has 0 saturated heterocycles. The van der Waals surface area contributed by atoms with Crippen molar-refractivity contribution in [1.82, 2.24) is 4.90 Å². The lowest BCUT2D eigenvalue weighted by atomic mass is 10.2. The van der Waals surface area contributed by atoms with Crippen molar-refractivity contribution in [3.8, 4) is 0 Å². The second-order valence-electron chi connectivity index (χ2n) is 5.08. The summed E-state index contributed by atoms with van der Waals surface area (Å²) >= 11 is 0. The summed E-state index contributed by atoms with van der Waals surface area (Å²) in [7, 11) is 0. The molecule has 24 heavy (non-hydrogen) atoms. The van der Waals surface area contributed by atoms with Crippen LogP contribution in [0.2, 0.25) is 0 Å². The largest absolute Gasteiger partial charge is 0.467 e. The zero-order valence-electron chi connectivity index (χ0n) is 12.8. The van der Waals surface area contributed by atoms with Gasteiger partial charge in [0.05, 0.1) is 18.4 Å². The van der Waals surface area contributed by atoms with Crippen LogP contribution < -0.4 is 5.32 Å². The van der Waals surface area contributed by atoms with Crippen molar-refractivity contribution in [2.24, 2.45) is 0 Å². The van der Waals surface area contributed by atoms with Crippen molar-refractivity contribution >= 4 is 17.5 Å². The molecule has 5 nitrogen and oxygen atoms in total. The van der Waals surface area contributed by atoms with E-state index >= 15 is 0 Å². The number of halogens is 3. The molecule has 0 spiro atoms. The highest BCUT2D eigenvalue weighted by Crippen LogP contribution is 2.30. The maximum absolute atomic E-state index is 12.7. The number of benzene rings is 1. The van der Waals surface area contributed by atoms with Crippen LogP contribution in [0.15, 0.2) is 47.1 Å². The number of amides is 2. The molecular weight excluding hydrogens is 325 g/mol. The molecule has 8 heteroatoms. The minimum absolute atomic E-state index is 0.0105. The van der Waals surface area contributed by atoms with E-state index in [9.17, 15) is 22.8 Å². The standard InChI is InChI=1S/C16H15F3N2O3/c1-11(22)21(9-14-6-3-7-24-14)10-15(23)20-13-5-2-4-12(8-13)16(17,18)19/h2-8H,9-10H2,1H3,(H,20,23). The normalized spacial score (nSPS) is 11.2. The molecule has 0 saturated carbocycles. The molecule has 1 heterocycles. The first-order valence-corrected chi connectivity index (χ1v) is 7.00. The third kappa shape index (κ3) is 4.87. The van der Waals surface area contributed by atoms with Crippen LogP contribution >= 0.6 is 0 Å². The van der Waals surface area contributed by atoms with E-state index in [1.807, 2.05) is 0 Å². The van der Waals surface area contributed by atoms with E-state index in [0.29, 0.717) is 5.76 Å². The van der Waals surface area contributed by atoms with Gasteiger partial charge in [0.2, 0.25) is 11.8 Å². The molecule has 1 aromatic carbocycles. The fourth-order valence-electron chi connectivity index (χ4n) is 2.02. The van der Waals surface area contributed by atoms with Gasteiger partial charge in [-0.1, -0.05) is 6.07 Å². The Morgan fingerprint density at radius 2 is 1.96 bits per heavy atom. The molecule has 2 amide bonds. The maximum Gasteiger partial charge on any atom is 0.416 e. The van der Waals surface area contributed by atoms with Crippen LogP contribution in [0, 0.1) is 0 Å². The SMILES string of the molecule is CC(=O)N(CC(=O)Nc1cccc(C(F)(F)F)c1)Cc1ccco1. The van der Waals surface area contributed by atoms with Crippen LogP contribution in [0.4, 0.5) is 18.9 Å². The second kappa shape index (κ2) is 7.20. The van der Waals surface area contributed by atoms with Gasteiger partial charge in [-0.2, -0.15) is 13.2 Å². The number of furan rings is 1. The molecule has 0 fully saturated rings. The van der Waals surface area contributed by atoms with E-state index in [4.69, 9.17) is 4.42 Å². The molecule has 0 aliphatic heterocycles. The number of rotatable bonds is 5. The average molecular weight is 340 g/mol. The van der Waals surface area contributed by atoms with Crippen molar-refractivity contribution in [3.05, 3.63) is 54.0 Å². The van der Waals surface area contributed by atoms with Crippen molar-refractivity contribution in [2.45, 2.75) is 19.6 Å². The summed E-state index contributed by atoms with van der Waals surface area (Å²) in [6.45, 7) is 1.09. The Morgan fingerprint density at radius 1 is 1.21 bits per heavy atom. The van der Waals surface area contributed by atoms with E-state index in [-0.39, 0.29) is 24.7 Å². The summed E-state index contributed by atoms with van der Waals surface area (Å²) in [4.78, 5) is 24.8. The minimum atomic E-state index is -4.49. The predicted octanol–water partition coefficient (Wildman–Crippen LogP) is 3.29. The summed E-state index contributed by atoms with van der Waals surface area (Å²) in [5.41, 5.74) is -0.851. The molecule has 0 unspecified atom stereocenters. The molecular formula is C16H15F3N2O3. The fraction of sp³-hybridized carbons (Fsp3) is 0.250. The Balaban J connectivity index is 2.02. The maximum atomic E-state index is 12.7. The zero-order valence-corrected chi connectivity index (χ0v) is 12.8. The van der Waals surface area contributed by atoms with E-state index in [1.54, 1.807) is 12.1 Å². The van der Waals surface area contributed by atoms with E-state index in [0.717, 1.165) is 12.1 Å². The third-order valence-corrected chi connectivity index (χ3v) is 3.18. The molecule has 2 rings (SSSR count). The lowest BCUT2D eigenvalue weighted by Gasteiger charge is -2.19. The number of carbonyl (C=O) groups excluding carboxylic acids is 2. The lowest BCUT2D eigenvalue weighted by molar-refractivity contribution is -0.137.